The predicted octanol–water partition coefficient (Wildman–Crippen LogP) is 20.3. The van der Waals surface area contributed by atoms with Gasteiger partial charge in [0.1, 0.15) is 76.5 Å². The second kappa shape index (κ2) is 41.5. The highest BCUT2D eigenvalue weighted by Gasteiger charge is 2.05. The van der Waals surface area contributed by atoms with E-state index in [9.17, 15) is 4.39 Å². The Labute approximate surface area is 444 Å². The first-order valence-electron chi connectivity index (χ1n) is 25.1. The molecular formula is C64H82ClFO7. The molecule has 0 spiro atoms. The minimum absolute atomic E-state index is 0.383. The normalized spacial score (nSPS) is 9.47. The first-order valence-corrected chi connectivity index (χ1v) is 25.5. The van der Waals surface area contributed by atoms with Crippen LogP contribution in [0, 0.1) is 26.6 Å². The molecule has 7 rings (SSSR count). The highest BCUT2D eigenvalue weighted by atomic mass is 35.5. The third kappa shape index (κ3) is 29.7. The summed E-state index contributed by atoms with van der Waals surface area (Å²) in [5.41, 5.74) is 4.80. The van der Waals surface area contributed by atoms with Gasteiger partial charge in [0.05, 0.1) is 13.7 Å². The summed E-state index contributed by atoms with van der Waals surface area (Å²) in [7, 11) is 1.49. The fourth-order valence-corrected chi connectivity index (χ4v) is 5.46. The van der Waals surface area contributed by atoms with E-state index in [0.29, 0.717) is 42.1 Å². The van der Waals surface area contributed by atoms with Crippen molar-refractivity contribution in [1.29, 1.82) is 0 Å². The molecule has 0 aliphatic rings. The summed E-state index contributed by atoms with van der Waals surface area (Å²) >= 11 is 5.84. The molecule has 0 aliphatic carbocycles. The van der Waals surface area contributed by atoms with Crippen molar-refractivity contribution in [2.45, 2.75) is 96.9 Å². The lowest BCUT2D eigenvalue weighted by Gasteiger charge is -2.10. The Bertz CT molecular complexity index is 2490. The second-order valence-electron chi connectivity index (χ2n) is 14.3. The van der Waals surface area contributed by atoms with Crippen molar-refractivity contribution in [3.05, 3.63) is 216 Å². The molecule has 0 atom stereocenters. The molecule has 0 aromatic heterocycles. The summed E-state index contributed by atoms with van der Waals surface area (Å²) in [6.45, 7) is 33.2. The largest absolute Gasteiger partial charge is 0.497 e. The lowest BCUT2D eigenvalue weighted by molar-refractivity contribution is 0.217. The molecule has 0 aliphatic heterocycles. The van der Waals surface area contributed by atoms with Gasteiger partial charge in [-0.15, -0.1) is 0 Å². The van der Waals surface area contributed by atoms with Crippen LogP contribution < -0.4 is 33.2 Å². The van der Waals surface area contributed by atoms with Crippen molar-refractivity contribution in [3.8, 4) is 57.5 Å². The van der Waals surface area contributed by atoms with Crippen molar-refractivity contribution in [2.24, 2.45) is 0 Å². The number of benzene rings is 7. The first-order chi connectivity index (χ1) is 35.4. The van der Waals surface area contributed by atoms with Crippen LogP contribution in [0.5, 0.6) is 57.5 Å². The van der Waals surface area contributed by atoms with E-state index in [2.05, 4.69) is 13.5 Å². The van der Waals surface area contributed by atoms with Gasteiger partial charge in [0.25, 0.3) is 0 Å². The second-order valence-corrected chi connectivity index (χ2v) is 14.8. The van der Waals surface area contributed by atoms with Crippen LogP contribution in [0.1, 0.15) is 92.9 Å². The zero-order chi connectivity index (χ0) is 54.8. The van der Waals surface area contributed by atoms with Gasteiger partial charge < -0.3 is 33.2 Å². The maximum Gasteiger partial charge on any atom is 0.134 e. The van der Waals surface area contributed by atoms with Gasteiger partial charge >= 0.3 is 0 Å². The molecule has 0 radical (unpaired) electrons. The van der Waals surface area contributed by atoms with Crippen molar-refractivity contribution in [1.82, 2.24) is 0 Å². The smallest absolute Gasteiger partial charge is 0.134 e. The van der Waals surface area contributed by atoms with Crippen LogP contribution in [-0.2, 0) is 0 Å². The van der Waals surface area contributed by atoms with Gasteiger partial charge in [0.2, 0.25) is 0 Å². The number of methoxy groups -OCH3 is 1. The van der Waals surface area contributed by atoms with E-state index >= 15 is 0 Å². The third-order valence-corrected chi connectivity index (χ3v) is 9.24. The van der Waals surface area contributed by atoms with Gasteiger partial charge in [-0.2, -0.15) is 0 Å². The summed E-state index contributed by atoms with van der Waals surface area (Å²) < 4.78 is 52.1. The molecule has 0 saturated heterocycles. The Morgan fingerprint density at radius 3 is 1.18 bits per heavy atom. The van der Waals surface area contributed by atoms with Crippen LogP contribution in [0.3, 0.4) is 0 Å². The molecule has 0 N–H and O–H groups in total. The summed E-state index contributed by atoms with van der Waals surface area (Å²) in [5, 5.41) is 0.689. The Morgan fingerprint density at radius 2 is 0.808 bits per heavy atom. The number of hydrogen-bond donors (Lipinski definition) is 0. The minimum Gasteiger partial charge on any atom is -0.497 e. The van der Waals surface area contributed by atoms with Crippen LogP contribution in [0.15, 0.2) is 188 Å². The van der Waals surface area contributed by atoms with Crippen molar-refractivity contribution in [3.63, 3.8) is 0 Å². The number of allylic oxidation sites excluding steroid dienone is 3. The highest BCUT2D eigenvalue weighted by molar-refractivity contribution is 6.30. The number of aryl methyl sites for hydroxylation is 3. The molecule has 394 valence electrons. The molecule has 0 saturated carbocycles. The Morgan fingerprint density at radius 1 is 0.466 bits per heavy atom. The van der Waals surface area contributed by atoms with Crippen molar-refractivity contribution >= 4 is 11.6 Å². The van der Waals surface area contributed by atoms with E-state index in [1.54, 1.807) is 18.2 Å². The average molecular weight is 1020 g/mol. The summed E-state index contributed by atoms with van der Waals surface area (Å²) in [6, 6.07) is 50.2. The molecule has 73 heavy (non-hydrogen) atoms. The van der Waals surface area contributed by atoms with Gasteiger partial charge in [-0.1, -0.05) is 157 Å². The number of ether oxygens (including phenoxy) is 7. The lowest BCUT2D eigenvalue weighted by Crippen LogP contribution is -2.08. The molecule has 0 fully saturated rings. The van der Waals surface area contributed by atoms with Crippen LogP contribution in [0.4, 0.5) is 4.39 Å². The van der Waals surface area contributed by atoms with Gasteiger partial charge in [-0.05, 0) is 126 Å². The van der Waals surface area contributed by atoms with Crippen LogP contribution in [0.2, 0.25) is 5.02 Å². The van der Waals surface area contributed by atoms with Gasteiger partial charge in [0.15, 0.2) is 0 Å². The standard InChI is InChI=1S/C21H19ClO3.C15H16O2.C14H13FO2.C6H10.4C2H6/c1-16-5-9-19(10-6-16)25-21-4-2-3-20(15-21)24-14-13-23-18-11-7-17(22)8-12-18;1-3-16-14-5-4-6-15(11-14)17-13-9-7-12(2)8-10-13;1-10-3-5-12(6-4-10)17-14-8-11(15)7-13(9-14)16-2;1-4-6(3)5-2;4*1-2/h2-12,15H,13-14H2,1H3;4-11H,3H2,1-2H3;3-9H,1-2H3;4-5H,1H2,2-3H3;4*1-2H3/b;;;6-5-;;;;. The van der Waals surface area contributed by atoms with Gasteiger partial charge in [-0.3, -0.25) is 0 Å². The predicted molar refractivity (Wildman–Crippen MR) is 308 cm³/mol. The third-order valence-electron chi connectivity index (χ3n) is 8.98. The molecule has 0 heterocycles. The first kappa shape index (κ1) is 65.8. The monoisotopic (exact) mass is 1020 g/mol. The maximum atomic E-state index is 13.2. The number of halogens is 2. The highest BCUT2D eigenvalue weighted by Crippen LogP contribution is 2.29. The fourth-order valence-electron chi connectivity index (χ4n) is 5.33. The van der Waals surface area contributed by atoms with Gasteiger partial charge in [-0.25, -0.2) is 4.39 Å². The lowest BCUT2D eigenvalue weighted by atomic mass is 10.2. The topological polar surface area (TPSA) is 64.6 Å². The molecule has 7 aromatic rings. The summed E-state index contributed by atoms with van der Waals surface area (Å²) in [6.07, 6.45) is 3.85. The fraction of sp³-hybridized carbons (Fsp3) is 0.281. The Hall–Kier alpha value is -7.16. The SMILES string of the molecule is C=C/C(C)=C\C.CC.CC.CC.CC.CCOc1cccc(Oc2ccc(C)cc2)c1.COc1cc(F)cc(Oc2ccc(C)cc2)c1.Cc1ccc(Oc2cccc(OCCOc3ccc(Cl)cc3)c2)cc1. The van der Waals surface area contributed by atoms with Crippen molar-refractivity contribution in [2.75, 3.05) is 26.9 Å². The molecule has 9 heteroatoms. The van der Waals surface area contributed by atoms with E-state index in [1.807, 2.05) is 236 Å². The molecule has 7 nitrogen and oxygen atoms in total. The van der Waals surface area contributed by atoms with Crippen LogP contribution >= 0.6 is 11.6 Å². The van der Waals surface area contributed by atoms with E-state index in [1.165, 1.54) is 35.9 Å². The number of hydrogen-bond acceptors (Lipinski definition) is 7. The van der Waals surface area contributed by atoms with Gasteiger partial charge in [0, 0.05) is 35.4 Å². The van der Waals surface area contributed by atoms with E-state index in [0.717, 1.165) is 45.8 Å². The minimum atomic E-state index is -0.383. The molecule has 0 amide bonds. The zero-order valence-electron chi connectivity index (χ0n) is 46.2. The summed E-state index contributed by atoms with van der Waals surface area (Å²) in [5.74, 6) is 6.65. The van der Waals surface area contributed by atoms with E-state index in [-0.39, 0.29) is 5.82 Å². The Balaban J connectivity index is 0.000000962. The summed E-state index contributed by atoms with van der Waals surface area (Å²) in [4.78, 5) is 0. The molecule has 0 bridgehead atoms. The Kier molecular flexibility index (Phi) is 37.4. The maximum absolute atomic E-state index is 13.2. The molecule has 0 unspecified atom stereocenters. The zero-order valence-corrected chi connectivity index (χ0v) is 46.9. The number of rotatable bonds is 15. The molecule has 7 aromatic carbocycles. The quantitative estimate of drug-likeness (QED) is 0.0749. The van der Waals surface area contributed by atoms with Crippen LogP contribution in [-0.4, -0.2) is 26.9 Å². The van der Waals surface area contributed by atoms with E-state index < -0.39 is 0 Å². The average Bonchev–Trinajstić information content (AvgIpc) is 3.43. The van der Waals surface area contributed by atoms with E-state index in [4.69, 9.17) is 44.8 Å². The van der Waals surface area contributed by atoms with Crippen LogP contribution in [0.25, 0.3) is 0 Å². The van der Waals surface area contributed by atoms with Crippen molar-refractivity contribution < 1.29 is 37.5 Å². The molecular weight excluding hydrogens is 935 g/mol.